The first-order valence-corrected chi connectivity index (χ1v) is 10.1. The fourth-order valence-electron chi connectivity index (χ4n) is 3.15. The van der Waals surface area contributed by atoms with Crippen molar-refractivity contribution in [3.8, 4) is 5.75 Å². The van der Waals surface area contributed by atoms with Crippen molar-refractivity contribution in [1.29, 1.82) is 0 Å². The van der Waals surface area contributed by atoms with Gasteiger partial charge in [-0.05, 0) is 62.4 Å². The van der Waals surface area contributed by atoms with E-state index in [2.05, 4.69) is 24.1 Å². The van der Waals surface area contributed by atoms with Crippen molar-refractivity contribution in [2.24, 2.45) is 0 Å². The van der Waals surface area contributed by atoms with E-state index in [0.717, 1.165) is 24.5 Å². The molecule has 3 aromatic rings. The Morgan fingerprint density at radius 3 is 2.00 bits per heavy atom. The summed E-state index contributed by atoms with van der Waals surface area (Å²) in [5, 5.41) is 2.83. The number of carbonyl (C=O) groups excluding carboxylic acids is 2. The molecule has 0 saturated heterocycles. The zero-order chi connectivity index (χ0) is 21.3. The van der Waals surface area contributed by atoms with Crippen LogP contribution in [0.2, 0.25) is 0 Å². The fourth-order valence-corrected chi connectivity index (χ4v) is 3.15. The summed E-state index contributed by atoms with van der Waals surface area (Å²) in [7, 11) is 0. The van der Waals surface area contributed by atoms with Gasteiger partial charge in [-0.3, -0.25) is 9.59 Å². The zero-order valence-electron chi connectivity index (χ0n) is 17.3. The Balaban J connectivity index is 1.52. The van der Waals surface area contributed by atoms with E-state index in [1.165, 1.54) is 0 Å². The van der Waals surface area contributed by atoms with Gasteiger partial charge >= 0.3 is 0 Å². The van der Waals surface area contributed by atoms with Crippen molar-refractivity contribution in [3.63, 3.8) is 0 Å². The number of nitrogens with one attached hydrogen (secondary N) is 1. The average molecular weight is 402 g/mol. The topological polar surface area (TPSA) is 58.6 Å². The number of ketones is 1. The number of benzene rings is 3. The summed E-state index contributed by atoms with van der Waals surface area (Å²) in [5.41, 5.74) is 3.06. The number of hydrogen-bond acceptors (Lipinski definition) is 4. The second-order valence-corrected chi connectivity index (χ2v) is 6.78. The lowest BCUT2D eigenvalue weighted by molar-refractivity contribution is -0.118. The van der Waals surface area contributed by atoms with Crippen molar-refractivity contribution < 1.29 is 14.3 Å². The van der Waals surface area contributed by atoms with Crippen molar-refractivity contribution in [3.05, 3.63) is 90.0 Å². The second kappa shape index (κ2) is 10.3. The second-order valence-electron chi connectivity index (χ2n) is 6.78. The largest absolute Gasteiger partial charge is 0.484 e. The Morgan fingerprint density at radius 1 is 0.800 bits per heavy atom. The molecule has 0 aliphatic heterocycles. The summed E-state index contributed by atoms with van der Waals surface area (Å²) in [6.07, 6.45) is 0. The van der Waals surface area contributed by atoms with Crippen molar-refractivity contribution in [1.82, 2.24) is 0 Å². The Kier molecular flexibility index (Phi) is 7.22. The van der Waals surface area contributed by atoms with E-state index in [1.54, 1.807) is 36.4 Å². The molecule has 0 radical (unpaired) electrons. The fraction of sp³-hybridized carbons (Fsp3) is 0.200. The van der Waals surface area contributed by atoms with Gasteiger partial charge in [0.05, 0.1) is 0 Å². The van der Waals surface area contributed by atoms with Crippen LogP contribution < -0.4 is 15.0 Å². The molecular formula is C25H26N2O3. The van der Waals surface area contributed by atoms with Gasteiger partial charge in [-0.2, -0.15) is 0 Å². The SMILES string of the molecule is CCN(CC)c1ccc(NC(=O)COc2ccc(C(=O)c3ccccc3)cc2)cc1. The molecule has 1 N–H and O–H groups in total. The van der Waals surface area contributed by atoms with Crippen molar-refractivity contribution >= 4 is 23.1 Å². The number of amides is 1. The van der Waals surface area contributed by atoms with Crippen LogP contribution in [-0.4, -0.2) is 31.4 Å². The predicted octanol–water partition coefficient (Wildman–Crippen LogP) is 4.78. The maximum absolute atomic E-state index is 12.4. The first-order valence-electron chi connectivity index (χ1n) is 10.1. The van der Waals surface area contributed by atoms with Crippen LogP contribution in [0.15, 0.2) is 78.9 Å². The molecule has 0 bridgehead atoms. The predicted molar refractivity (Wildman–Crippen MR) is 120 cm³/mol. The normalized spacial score (nSPS) is 10.3. The van der Waals surface area contributed by atoms with Crippen LogP contribution in [0.3, 0.4) is 0 Å². The molecule has 1 amide bonds. The molecule has 0 heterocycles. The maximum Gasteiger partial charge on any atom is 0.262 e. The molecule has 0 saturated carbocycles. The molecule has 3 aromatic carbocycles. The minimum atomic E-state index is -0.241. The van der Waals surface area contributed by atoms with Crippen LogP contribution in [0.1, 0.15) is 29.8 Å². The van der Waals surface area contributed by atoms with Crippen LogP contribution in [0.4, 0.5) is 11.4 Å². The summed E-state index contributed by atoms with van der Waals surface area (Å²) in [5.74, 6) is 0.245. The van der Waals surface area contributed by atoms with Crippen LogP contribution in [-0.2, 0) is 4.79 Å². The van der Waals surface area contributed by atoms with E-state index in [-0.39, 0.29) is 18.3 Å². The molecule has 0 fully saturated rings. The molecule has 0 atom stereocenters. The van der Waals surface area contributed by atoms with E-state index in [0.29, 0.717) is 16.9 Å². The number of carbonyl (C=O) groups is 2. The van der Waals surface area contributed by atoms with Gasteiger partial charge in [0, 0.05) is 35.6 Å². The van der Waals surface area contributed by atoms with E-state index < -0.39 is 0 Å². The molecule has 0 aliphatic carbocycles. The number of ether oxygens (including phenoxy) is 1. The summed E-state index contributed by atoms with van der Waals surface area (Å²) < 4.78 is 5.55. The first kappa shape index (κ1) is 21.1. The highest BCUT2D eigenvalue weighted by atomic mass is 16.5. The number of nitrogens with zero attached hydrogens (tertiary/aromatic N) is 1. The monoisotopic (exact) mass is 402 g/mol. The lowest BCUT2D eigenvalue weighted by atomic mass is 10.0. The molecule has 0 unspecified atom stereocenters. The maximum atomic E-state index is 12.4. The van der Waals surface area contributed by atoms with E-state index >= 15 is 0 Å². The number of hydrogen-bond donors (Lipinski definition) is 1. The standard InChI is InChI=1S/C25H26N2O3/c1-3-27(4-2)22-14-12-21(13-15-22)26-24(28)18-30-23-16-10-20(11-17-23)25(29)19-8-6-5-7-9-19/h5-17H,3-4,18H2,1-2H3,(H,26,28). The highest BCUT2D eigenvalue weighted by molar-refractivity contribution is 6.09. The summed E-state index contributed by atoms with van der Waals surface area (Å²) in [6, 6.07) is 23.7. The molecule has 154 valence electrons. The summed E-state index contributed by atoms with van der Waals surface area (Å²) in [4.78, 5) is 26.8. The minimum absolute atomic E-state index is 0.0481. The van der Waals surface area contributed by atoms with Gasteiger partial charge in [0.15, 0.2) is 12.4 Å². The quantitative estimate of drug-likeness (QED) is 0.523. The Hall–Kier alpha value is -3.60. The highest BCUT2D eigenvalue weighted by Gasteiger charge is 2.09. The van der Waals surface area contributed by atoms with E-state index in [9.17, 15) is 9.59 Å². The lowest BCUT2D eigenvalue weighted by Crippen LogP contribution is -2.22. The molecule has 0 aliphatic rings. The highest BCUT2D eigenvalue weighted by Crippen LogP contribution is 2.18. The van der Waals surface area contributed by atoms with Gasteiger partial charge in [-0.1, -0.05) is 30.3 Å². The van der Waals surface area contributed by atoms with Gasteiger partial charge in [0.25, 0.3) is 5.91 Å². The molecule has 0 spiro atoms. The molecule has 5 nitrogen and oxygen atoms in total. The van der Waals surface area contributed by atoms with Gasteiger partial charge in [-0.25, -0.2) is 0 Å². The number of rotatable bonds is 9. The van der Waals surface area contributed by atoms with Crippen LogP contribution in [0, 0.1) is 0 Å². The lowest BCUT2D eigenvalue weighted by Gasteiger charge is -2.21. The zero-order valence-corrected chi connectivity index (χ0v) is 17.3. The summed E-state index contributed by atoms with van der Waals surface area (Å²) in [6.45, 7) is 5.99. The van der Waals surface area contributed by atoms with Crippen LogP contribution >= 0.6 is 0 Å². The average Bonchev–Trinajstić information content (AvgIpc) is 2.80. The first-order chi connectivity index (χ1) is 14.6. The van der Waals surface area contributed by atoms with E-state index in [4.69, 9.17) is 4.74 Å². The van der Waals surface area contributed by atoms with Gasteiger partial charge in [0.2, 0.25) is 0 Å². The van der Waals surface area contributed by atoms with Gasteiger partial charge in [-0.15, -0.1) is 0 Å². The Labute approximate surface area is 177 Å². The minimum Gasteiger partial charge on any atom is -0.484 e. The van der Waals surface area contributed by atoms with Crippen LogP contribution in [0.5, 0.6) is 5.75 Å². The van der Waals surface area contributed by atoms with Crippen molar-refractivity contribution in [2.45, 2.75) is 13.8 Å². The van der Waals surface area contributed by atoms with Gasteiger partial charge < -0.3 is 15.0 Å². The molecule has 30 heavy (non-hydrogen) atoms. The summed E-state index contributed by atoms with van der Waals surface area (Å²) >= 11 is 0. The molecule has 3 rings (SSSR count). The smallest absolute Gasteiger partial charge is 0.262 e. The van der Waals surface area contributed by atoms with Crippen molar-refractivity contribution in [2.75, 3.05) is 29.9 Å². The Morgan fingerprint density at radius 2 is 1.40 bits per heavy atom. The third-order valence-electron chi connectivity index (χ3n) is 4.80. The molecule has 5 heteroatoms. The van der Waals surface area contributed by atoms with Gasteiger partial charge in [0.1, 0.15) is 5.75 Å². The third kappa shape index (κ3) is 5.47. The molecular weight excluding hydrogens is 376 g/mol. The number of anilines is 2. The Bertz CT molecular complexity index is 964. The molecule has 0 aromatic heterocycles. The van der Waals surface area contributed by atoms with E-state index in [1.807, 2.05) is 42.5 Å². The third-order valence-corrected chi connectivity index (χ3v) is 4.80. The van der Waals surface area contributed by atoms with Crippen LogP contribution in [0.25, 0.3) is 0 Å².